The van der Waals surface area contributed by atoms with E-state index in [1.165, 1.54) is 6.20 Å². The van der Waals surface area contributed by atoms with E-state index in [0.717, 1.165) is 25.9 Å². The third-order valence-electron chi connectivity index (χ3n) is 2.95. The average molecular weight is 274 g/mol. The van der Waals surface area contributed by atoms with Crippen molar-refractivity contribution < 1.29 is 13.2 Å². The summed E-state index contributed by atoms with van der Waals surface area (Å²) in [4.78, 5) is -0.00735. The molecule has 0 saturated carbocycles. The molecule has 0 spiro atoms. The predicted molar refractivity (Wildman–Crippen MR) is 66.4 cm³/mol. The fraction of sp³-hybridized carbons (Fsp3) is 0.700. The first-order valence-electron chi connectivity index (χ1n) is 6.00. The van der Waals surface area contributed by atoms with Crippen molar-refractivity contribution in [1.29, 1.82) is 0 Å². The van der Waals surface area contributed by atoms with E-state index in [2.05, 4.69) is 14.9 Å². The molecule has 1 fully saturated rings. The number of ether oxygens (including phenoxy) is 1. The molecule has 2 heterocycles. The van der Waals surface area contributed by atoms with Gasteiger partial charge in [-0.1, -0.05) is 0 Å². The van der Waals surface area contributed by atoms with E-state index in [4.69, 9.17) is 10.5 Å². The second-order valence-electron chi connectivity index (χ2n) is 4.32. The Kier molecular flexibility index (Phi) is 4.20. The third kappa shape index (κ3) is 3.21. The maximum absolute atomic E-state index is 11.9. The van der Waals surface area contributed by atoms with E-state index in [1.54, 1.807) is 0 Å². The van der Waals surface area contributed by atoms with Crippen molar-refractivity contribution in [1.82, 2.24) is 14.9 Å². The molecule has 0 radical (unpaired) electrons. The van der Waals surface area contributed by atoms with Crippen LogP contribution < -0.4 is 10.5 Å². The van der Waals surface area contributed by atoms with Gasteiger partial charge in [-0.05, 0) is 25.7 Å². The maximum atomic E-state index is 11.9. The summed E-state index contributed by atoms with van der Waals surface area (Å²) in [6.45, 7) is 1.11. The topological polar surface area (TPSA) is 110 Å². The molecule has 1 unspecified atom stereocenters. The number of hydrogen-bond donors (Lipinski definition) is 3. The summed E-state index contributed by atoms with van der Waals surface area (Å²) in [5, 5.41) is 5.99. The van der Waals surface area contributed by atoms with Crippen LogP contribution in [-0.4, -0.2) is 37.9 Å². The maximum Gasteiger partial charge on any atom is 0.245 e. The van der Waals surface area contributed by atoms with E-state index in [1.807, 2.05) is 0 Å². The van der Waals surface area contributed by atoms with Crippen LogP contribution in [-0.2, 0) is 14.8 Å². The third-order valence-corrected chi connectivity index (χ3v) is 4.44. The van der Waals surface area contributed by atoms with Gasteiger partial charge in [-0.3, -0.25) is 5.10 Å². The number of nitrogens with two attached hydrogens (primary N) is 1. The van der Waals surface area contributed by atoms with E-state index in [9.17, 15) is 8.42 Å². The minimum Gasteiger partial charge on any atom is -0.383 e. The molecule has 0 aliphatic carbocycles. The summed E-state index contributed by atoms with van der Waals surface area (Å²) in [5.74, 6) is 0.0522. The summed E-state index contributed by atoms with van der Waals surface area (Å²) in [5.41, 5.74) is 5.48. The molecule has 4 N–H and O–H groups in total. The predicted octanol–water partition coefficient (Wildman–Crippen LogP) is 0.229. The van der Waals surface area contributed by atoms with Crippen LogP contribution in [0.3, 0.4) is 0 Å². The van der Waals surface area contributed by atoms with Crippen molar-refractivity contribution in [2.24, 2.45) is 0 Å². The molecule has 2 rings (SSSR count). The second-order valence-corrected chi connectivity index (χ2v) is 6.06. The van der Waals surface area contributed by atoms with Crippen molar-refractivity contribution in [3.05, 3.63) is 6.20 Å². The Hall–Kier alpha value is -1.12. The number of rotatable bonds is 5. The smallest absolute Gasteiger partial charge is 0.245 e. The fourth-order valence-corrected chi connectivity index (χ4v) is 3.04. The largest absolute Gasteiger partial charge is 0.383 e. The Labute approximate surface area is 106 Å². The SMILES string of the molecule is Nc1[nH]ncc1S(=O)(=O)NCCC1CCCCO1. The van der Waals surface area contributed by atoms with Crippen LogP contribution in [0.4, 0.5) is 5.82 Å². The lowest BCUT2D eigenvalue weighted by Crippen LogP contribution is -2.29. The van der Waals surface area contributed by atoms with Gasteiger partial charge >= 0.3 is 0 Å². The molecule has 18 heavy (non-hydrogen) atoms. The molecule has 102 valence electrons. The van der Waals surface area contributed by atoms with E-state index < -0.39 is 10.0 Å². The van der Waals surface area contributed by atoms with Crippen molar-refractivity contribution in [2.75, 3.05) is 18.9 Å². The Morgan fingerprint density at radius 3 is 3.00 bits per heavy atom. The number of aromatic amines is 1. The van der Waals surface area contributed by atoms with Crippen LogP contribution >= 0.6 is 0 Å². The molecule has 1 saturated heterocycles. The number of sulfonamides is 1. The van der Waals surface area contributed by atoms with Crippen molar-refractivity contribution in [2.45, 2.75) is 36.7 Å². The molecule has 0 bridgehead atoms. The molecule has 0 amide bonds. The van der Waals surface area contributed by atoms with Crippen LogP contribution in [0.5, 0.6) is 0 Å². The fourth-order valence-electron chi connectivity index (χ4n) is 1.97. The molecule has 1 atom stereocenters. The number of nitrogens with zero attached hydrogens (tertiary/aromatic N) is 1. The minimum atomic E-state index is -3.57. The molecular formula is C10H18N4O3S. The Balaban J connectivity index is 1.84. The van der Waals surface area contributed by atoms with Gasteiger partial charge in [0.25, 0.3) is 0 Å². The molecular weight excluding hydrogens is 256 g/mol. The van der Waals surface area contributed by atoms with Crippen LogP contribution in [0.15, 0.2) is 11.1 Å². The molecule has 7 nitrogen and oxygen atoms in total. The first-order chi connectivity index (χ1) is 8.59. The van der Waals surface area contributed by atoms with E-state index in [0.29, 0.717) is 13.0 Å². The van der Waals surface area contributed by atoms with Gasteiger partial charge in [0.2, 0.25) is 10.0 Å². The van der Waals surface area contributed by atoms with E-state index >= 15 is 0 Å². The first kappa shape index (κ1) is 13.3. The number of H-pyrrole nitrogens is 1. The number of nitrogens with one attached hydrogen (secondary N) is 2. The van der Waals surface area contributed by atoms with Crippen molar-refractivity contribution in [3.8, 4) is 0 Å². The molecule has 1 aliphatic heterocycles. The monoisotopic (exact) mass is 274 g/mol. The Morgan fingerprint density at radius 2 is 2.39 bits per heavy atom. The normalized spacial score (nSPS) is 21.0. The molecule has 1 aliphatic rings. The van der Waals surface area contributed by atoms with Gasteiger partial charge in [0.05, 0.1) is 12.3 Å². The first-order valence-corrected chi connectivity index (χ1v) is 7.48. The minimum absolute atomic E-state index is 0.00735. The Bertz CT molecular complexity index is 479. The standard InChI is InChI=1S/C10H18N4O3S/c11-10-9(7-12-14-10)18(15,16)13-5-4-8-3-1-2-6-17-8/h7-8,13H,1-6H2,(H3,11,12,14). The molecule has 0 aromatic carbocycles. The van der Waals surface area contributed by atoms with Gasteiger partial charge in [0.15, 0.2) is 0 Å². The van der Waals surface area contributed by atoms with Gasteiger partial charge in [-0.2, -0.15) is 5.10 Å². The highest BCUT2D eigenvalue weighted by atomic mass is 32.2. The lowest BCUT2D eigenvalue weighted by atomic mass is 10.1. The zero-order chi connectivity index (χ0) is 13.0. The van der Waals surface area contributed by atoms with Gasteiger partial charge < -0.3 is 10.5 Å². The summed E-state index contributed by atoms with van der Waals surface area (Å²) >= 11 is 0. The zero-order valence-corrected chi connectivity index (χ0v) is 10.9. The summed E-state index contributed by atoms with van der Waals surface area (Å²) < 4.78 is 31.8. The van der Waals surface area contributed by atoms with Crippen molar-refractivity contribution >= 4 is 15.8 Å². The van der Waals surface area contributed by atoms with Gasteiger partial charge in [0, 0.05) is 13.2 Å². The lowest BCUT2D eigenvalue weighted by molar-refractivity contribution is 0.0123. The quantitative estimate of drug-likeness (QED) is 0.712. The van der Waals surface area contributed by atoms with Gasteiger partial charge in [-0.15, -0.1) is 0 Å². The van der Waals surface area contributed by atoms with E-state index in [-0.39, 0.29) is 16.8 Å². The van der Waals surface area contributed by atoms with Crippen LogP contribution in [0.2, 0.25) is 0 Å². The molecule has 1 aromatic rings. The number of nitrogen functional groups attached to an aromatic ring is 1. The highest BCUT2D eigenvalue weighted by molar-refractivity contribution is 7.89. The average Bonchev–Trinajstić information content (AvgIpc) is 2.77. The number of aromatic nitrogens is 2. The van der Waals surface area contributed by atoms with Crippen LogP contribution in [0.1, 0.15) is 25.7 Å². The summed E-state index contributed by atoms with van der Waals surface area (Å²) in [7, 11) is -3.57. The van der Waals surface area contributed by atoms with Crippen LogP contribution in [0, 0.1) is 0 Å². The zero-order valence-electron chi connectivity index (χ0n) is 10.1. The summed E-state index contributed by atoms with van der Waals surface area (Å²) in [6.07, 6.45) is 5.27. The second kappa shape index (κ2) is 5.68. The molecule has 1 aromatic heterocycles. The highest BCUT2D eigenvalue weighted by Crippen LogP contribution is 2.16. The number of anilines is 1. The Morgan fingerprint density at radius 1 is 1.56 bits per heavy atom. The van der Waals surface area contributed by atoms with Crippen LogP contribution in [0.25, 0.3) is 0 Å². The number of hydrogen-bond acceptors (Lipinski definition) is 5. The summed E-state index contributed by atoms with van der Waals surface area (Å²) in [6, 6.07) is 0. The lowest BCUT2D eigenvalue weighted by Gasteiger charge is -2.22. The van der Waals surface area contributed by atoms with Gasteiger partial charge in [0.1, 0.15) is 10.7 Å². The highest BCUT2D eigenvalue weighted by Gasteiger charge is 2.20. The van der Waals surface area contributed by atoms with Gasteiger partial charge in [-0.25, -0.2) is 13.1 Å². The van der Waals surface area contributed by atoms with Crippen molar-refractivity contribution in [3.63, 3.8) is 0 Å². The molecule has 8 heteroatoms.